The van der Waals surface area contributed by atoms with E-state index in [0.29, 0.717) is 5.56 Å². The quantitative estimate of drug-likeness (QED) is 0.149. The molecule has 14 heteroatoms. The third-order valence-electron chi connectivity index (χ3n) is 4.67. The molecule has 1 aliphatic heterocycles. The van der Waals surface area contributed by atoms with E-state index in [1.807, 2.05) is 23.8 Å². The van der Waals surface area contributed by atoms with Gasteiger partial charge in [-0.2, -0.15) is 5.10 Å². The summed E-state index contributed by atoms with van der Waals surface area (Å²) in [5, 5.41) is 15.1. The molecule has 0 spiro atoms. The Bertz CT molecular complexity index is 911. The van der Waals surface area contributed by atoms with Crippen LogP contribution in [-0.4, -0.2) is 54.3 Å². The summed E-state index contributed by atoms with van der Waals surface area (Å²) in [6.07, 6.45) is -1.51. The molecule has 0 aliphatic carbocycles. The minimum Gasteiger partial charge on any atom is -0.760 e. The van der Waals surface area contributed by atoms with Gasteiger partial charge in [-0.25, -0.2) is 9.52 Å². The fourth-order valence-corrected chi connectivity index (χ4v) is 4.52. The molecule has 0 saturated carbocycles. The molecule has 1 aromatic carbocycles. The SMILES string of the molecule is Cc1ccccc1C(C)(N)CC(=O)OC(=O)C(NS(=O)[O-])N1N=CSC1CCC[N+](=O)[O-]. The Kier molecular flexibility index (Phi) is 9.27. The molecule has 3 N–H and O–H groups in total. The summed E-state index contributed by atoms with van der Waals surface area (Å²) in [4.78, 5) is 35.2. The van der Waals surface area contributed by atoms with E-state index in [9.17, 15) is 28.5 Å². The fourth-order valence-electron chi connectivity index (χ4n) is 3.23. The molecular formula is C18H24N5O7S2-. The van der Waals surface area contributed by atoms with Gasteiger partial charge in [0.25, 0.3) is 0 Å². The molecule has 0 radical (unpaired) electrons. The first-order valence-electron chi connectivity index (χ1n) is 9.54. The Hall–Kier alpha value is -2.39. The molecular weight excluding hydrogens is 462 g/mol. The van der Waals surface area contributed by atoms with Crippen molar-refractivity contribution in [2.45, 2.75) is 50.2 Å². The van der Waals surface area contributed by atoms with Gasteiger partial charge in [0.15, 0.2) is 0 Å². The number of esters is 2. The molecule has 0 aromatic heterocycles. The van der Waals surface area contributed by atoms with Gasteiger partial charge in [0.2, 0.25) is 12.7 Å². The number of nitro groups is 1. The lowest BCUT2D eigenvalue weighted by molar-refractivity contribution is -0.480. The average Bonchev–Trinajstić information content (AvgIpc) is 3.13. The molecule has 176 valence electrons. The Labute approximate surface area is 191 Å². The minimum absolute atomic E-state index is 0.188. The van der Waals surface area contributed by atoms with Crippen molar-refractivity contribution < 1.29 is 28.0 Å². The van der Waals surface area contributed by atoms with Gasteiger partial charge in [-0.3, -0.25) is 24.1 Å². The van der Waals surface area contributed by atoms with E-state index in [1.54, 1.807) is 19.1 Å². The first-order chi connectivity index (χ1) is 15.0. The lowest BCUT2D eigenvalue weighted by atomic mass is 9.87. The Morgan fingerprint density at radius 2 is 2.16 bits per heavy atom. The van der Waals surface area contributed by atoms with E-state index >= 15 is 0 Å². The van der Waals surface area contributed by atoms with Gasteiger partial charge in [-0.05, 0) is 31.4 Å². The molecule has 1 aliphatic rings. The van der Waals surface area contributed by atoms with E-state index in [1.165, 1.54) is 5.55 Å². The number of nitrogens with two attached hydrogens (primary N) is 1. The highest BCUT2D eigenvalue weighted by atomic mass is 32.2. The molecule has 12 nitrogen and oxygen atoms in total. The van der Waals surface area contributed by atoms with E-state index < -0.39 is 45.2 Å². The lowest BCUT2D eigenvalue weighted by Gasteiger charge is -2.31. The van der Waals surface area contributed by atoms with Gasteiger partial charge >= 0.3 is 11.9 Å². The summed E-state index contributed by atoms with van der Waals surface area (Å²) < 4.78 is 29.3. The van der Waals surface area contributed by atoms with Gasteiger partial charge in [-0.1, -0.05) is 36.0 Å². The van der Waals surface area contributed by atoms with Crippen molar-refractivity contribution in [3.05, 3.63) is 45.5 Å². The van der Waals surface area contributed by atoms with Crippen LogP contribution in [0.1, 0.15) is 37.3 Å². The second-order valence-corrected chi connectivity index (χ2v) is 9.08. The number of aryl methyl sites for hydroxylation is 1. The Morgan fingerprint density at radius 3 is 2.78 bits per heavy atom. The molecule has 4 unspecified atom stereocenters. The van der Waals surface area contributed by atoms with Crippen LogP contribution in [0.15, 0.2) is 29.4 Å². The van der Waals surface area contributed by atoms with Crippen LogP contribution in [0, 0.1) is 17.0 Å². The Balaban J connectivity index is 2.08. The van der Waals surface area contributed by atoms with Gasteiger partial charge < -0.3 is 15.0 Å². The molecule has 2 rings (SSSR count). The third-order valence-corrected chi connectivity index (χ3v) is 6.06. The number of hydrogen-bond donors (Lipinski definition) is 2. The fraction of sp³-hybridized carbons (Fsp3) is 0.500. The number of carbonyl (C=O) groups excluding carboxylic acids is 2. The molecule has 0 fully saturated rings. The van der Waals surface area contributed by atoms with Crippen molar-refractivity contribution in [3.63, 3.8) is 0 Å². The summed E-state index contributed by atoms with van der Waals surface area (Å²) in [6.45, 7) is 3.17. The van der Waals surface area contributed by atoms with Crippen molar-refractivity contribution in [3.8, 4) is 0 Å². The molecule has 1 heterocycles. The first kappa shape index (κ1) is 25.9. The number of ether oxygens (including phenoxy) is 1. The van der Waals surface area contributed by atoms with Crippen LogP contribution in [0.2, 0.25) is 0 Å². The maximum absolute atomic E-state index is 12.6. The predicted octanol–water partition coefficient (Wildman–Crippen LogP) is 0.714. The second-order valence-electron chi connectivity index (χ2n) is 7.35. The smallest absolute Gasteiger partial charge is 0.354 e. The van der Waals surface area contributed by atoms with Gasteiger partial charge in [0.1, 0.15) is 5.37 Å². The molecule has 32 heavy (non-hydrogen) atoms. The molecule has 1 aromatic rings. The average molecular weight is 487 g/mol. The molecule has 0 bridgehead atoms. The lowest BCUT2D eigenvalue weighted by Crippen LogP contribution is -2.52. The molecule has 0 saturated heterocycles. The maximum atomic E-state index is 12.6. The van der Waals surface area contributed by atoms with E-state index in [4.69, 9.17) is 10.5 Å². The summed E-state index contributed by atoms with van der Waals surface area (Å²) in [6, 6.07) is 7.20. The van der Waals surface area contributed by atoms with Crippen LogP contribution in [0.25, 0.3) is 0 Å². The summed E-state index contributed by atoms with van der Waals surface area (Å²) in [7, 11) is 0. The number of hydrogen-bond acceptors (Lipinski definition) is 11. The van der Waals surface area contributed by atoms with E-state index in [-0.39, 0.29) is 25.8 Å². The number of rotatable bonds is 11. The number of carbonyl (C=O) groups is 2. The highest BCUT2D eigenvalue weighted by Gasteiger charge is 2.37. The highest BCUT2D eigenvalue weighted by molar-refractivity contribution is 8.12. The van der Waals surface area contributed by atoms with Crippen LogP contribution >= 0.6 is 11.8 Å². The zero-order chi connectivity index (χ0) is 23.9. The van der Waals surface area contributed by atoms with Crippen LogP contribution in [-0.2, 0) is 31.1 Å². The third kappa shape index (κ3) is 7.34. The second kappa shape index (κ2) is 11.5. The number of nitrogens with zero attached hydrogens (tertiary/aromatic N) is 3. The number of benzene rings is 1. The van der Waals surface area contributed by atoms with Gasteiger partial charge in [0, 0.05) is 28.1 Å². The van der Waals surface area contributed by atoms with Crippen molar-refractivity contribution in [1.82, 2.24) is 9.73 Å². The van der Waals surface area contributed by atoms with Crippen molar-refractivity contribution in [2.75, 3.05) is 6.54 Å². The largest absolute Gasteiger partial charge is 0.760 e. The first-order valence-corrected chi connectivity index (χ1v) is 11.6. The van der Waals surface area contributed by atoms with Gasteiger partial charge in [0.05, 0.1) is 12.0 Å². The maximum Gasteiger partial charge on any atom is 0.354 e. The van der Waals surface area contributed by atoms with E-state index in [2.05, 4.69) is 5.10 Å². The molecule has 4 atom stereocenters. The van der Waals surface area contributed by atoms with Crippen LogP contribution in [0.4, 0.5) is 0 Å². The number of hydrazone groups is 1. The summed E-state index contributed by atoms with van der Waals surface area (Å²) in [5.41, 5.74) is 8.09. The number of thioether (sulfide) groups is 1. The van der Waals surface area contributed by atoms with Crippen LogP contribution in [0.3, 0.4) is 0 Å². The van der Waals surface area contributed by atoms with Crippen LogP contribution < -0.4 is 10.5 Å². The van der Waals surface area contributed by atoms with E-state index in [0.717, 1.165) is 22.3 Å². The summed E-state index contributed by atoms with van der Waals surface area (Å²) in [5.74, 6) is -2.12. The minimum atomic E-state index is -2.88. The van der Waals surface area contributed by atoms with Gasteiger partial charge in [-0.15, -0.1) is 0 Å². The van der Waals surface area contributed by atoms with Crippen molar-refractivity contribution >= 4 is 40.5 Å². The number of nitrogens with one attached hydrogen (secondary N) is 1. The topological polar surface area (TPSA) is 180 Å². The monoisotopic (exact) mass is 486 g/mol. The summed E-state index contributed by atoms with van der Waals surface area (Å²) >= 11 is -1.72. The van der Waals surface area contributed by atoms with Crippen LogP contribution in [0.5, 0.6) is 0 Å². The standard InChI is InChI=1S/C18H25N5O7S2/c1-12-6-3-4-7-13(12)18(2,19)10-15(24)30-17(25)16(21-32(28)29)23-14(31-11-20-23)8-5-9-22(26)27/h3-4,6-7,11,14,16,21H,5,8-10,19H2,1-2H3,(H,28,29)/p-1. The highest BCUT2D eigenvalue weighted by Crippen LogP contribution is 2.28. The van der Waals surface area contributed by atoms with Crippen molar-refractivity contribution in [2.24, 2.45) is 10.8 Å². The normalized spacial score (nSPS) is 19.2. The zero-order valence-corrected chi connectivity index (χ0v) is 19.1. The predicted molar refractivity (Wildman–Crippen MR) is 117 cm³/mol. The Morgan fingerprint density at radius 1 is 1.47 bits per heavy atom. The van der Waals surface area contributed by atoms with Crippen molar-refractivity contribution in [1.29, 1.82) is 0 Å². The zero-order valence-electron chi connectivity index (χ0n) is 17.5. The molecule has 0 amide bonds.